The van der Waals surface area contributed by atoms with Gasteiger partial charge in [0.15, 0.2) is 5.82 Å². The number of carbonyl (C=O) groups is 1. The van der Waals surface area contributed by atoms with Crippen LogP contribution < -0.4 is 5.73 Å². The highest BCUT2D eigenvalue weighted by Crippen LogP contribution is 2.29. The molecular formula is C19H24N4O2. The summed E-state index contributed by atoms with van der Waals surface area (Å²) in [5, 5.41) is 0.989. The van der Waals surface area contributed by atoms with Gasteiger partial charge >= 0.3 is 5.97 Å². The van der Waals surface area contributed by atoms with Crippen molar-refractivity contribution in [2.45, 2.75) is 52.7 Å². The third-order valence-corrected chi connectivity index (χ3v) is 3.97. The zero-order chi connectivity index (χ0) is 18.2. The highest BCUT2D eigenvalue weighted by atomic mass is 16.6. The number of anilines is 1. The van der Waals surface area contributed by atoms with Gasteiger partial charge in [-0.25, -0.2) is 9.97 Å². The number of aryl methyl sites for hydroxylation is 2. The number of nitrogen functional groups attached to an aromatic ring is 1. The van der Waals surface area contributed by atoms with Crippen LogP contribution in [0.25, 0.3) is 21.9 Å². The van der Waals surface area contributed by atoms with E-state index in [2.05, 4.69) is 14.5 Å². The first-order chi connectivity index (χ1) is 11.8. The molecule has 25 heavy (non-hydrogen) atoms. The summed E-state index contributed by atoms with van der Waals surface area (Å²) in [5.74, 6) is 1.09. The van der Waals surface area contributed by atoms with Crippen LogP contribution in [0.5, 0.6) is 0 Å². The lowest BCUT2D eigenvalue weighted by Crippen LogP contribution is -2.24. The summed E-state index contributed by atoms with van der Waals surface area (Å²) in [7, 11) is 0. The molecule has 0 unspecified atom stereocenters. The number of hydrogen-bond donors (Lipinski definition) is 1. The van der Waals surface area contributed by atoms with Crippen LogP contribution in [-0.4, -0.2) is 26.1 Å². The summed E-state index contributed by atoms with van der Waals surface area (Å²) in [6.45, 7) is 8.15. The van der Waals surface area contributed by atoms with E-state index in [-0.39, 0.29) is 12.4 Å². The van der Waals surface area contributed by atoms with Crippen LogP contribution in [0.15, 0.2) is 24.3 Å². The highest BCUT2D eigenvalue weighted by Gasteiger charge is 2.19. The number of para-hydroxylation sites is 1. The first-order valence-electron chi connectivity index (χ1n) is 8.55. The largest absolute Gasteiger partial charge is 0.460 e. The van der Waals surface area contributed by atoms with Gasteiger partial charge < -0.3 is 15.0 Å². The number of nitrogens with two attached hydrogens (primary N) is 1. The highest BCUT2D eigenvalue weighted by molar-refractivity contribution is 6.06. The van der Waals surface area contributed by atoms with Crippen LogP contribution in [0.2, 0.25) is 0 Å². The van der Waals surface area contributed by atoms with Crippen molar-refractivity contribution < 1.29 is 9.53 Å². The molecule has 2 aromatic heterocycles. The number of hydrogen-bond acceptors (Lipinski definition) is 5. The van der Waals surface area contributed by atoms with Crippen LogP contribution in [0.1, 0.15) is 39.9 Å². The van der Waals surface area contributed by atoms with Crippen molar-refractivity contribution in [2.75, 3.05) is 5.73 Å². The summed E-state index contributed by atoms with van der Waals surface area (Å²) in [4.78, 5) is 21.2. The van der Waals surface area contributed by atoms with E-state index in [0.29, 0.717) is 17.9 Å². The van der Waals surface area contributed by atoms with Crippen molar-refractivity contribution in [1.82, 2.24) is 14.5 Å². The third kappa shape index (κ3) is 3.43. The molecule has 6 nitrogen and oxygen atoms in total. The van der Waals surface area contributed by atoms with Gasteiger partial charge in [0.1, 0.15) is 16.9 Å². The van der Waals surface area contributed by atoms with Crippen molar-refractivity contribution in [3.05, 3.63) is 30.1 Å². The Balaban J connectivity index is 2.06. The van der Waals surface area contributed by atoms with Crippen molar-refractivity contribution in [3.63, 3.8) is 0 Å². The Morgan fingerprint density at radius 1 is 1.24 bits per heavy atom. The fraction of sp³-hybridized carbons (Fsp3) is 0.421. The minimum absolute atomic E-state index is 0.220. The minimum Gasteiger partial charge on any atom is -0.460 e. The lowest BCUT2D eigenvalue weighted by molar-refractivity contribution is -0.155. The maximum Gasteiger partial charge on any atom is 0.308 e. The van der Waals surface area contributed by atoms with Gasteiger partial charge in [0.2, 0.25) is 0 Å². The van der Waals surface area contributed by atoms with Crippen LogP contribution in [0, 0.1) is 0 Å². The first-order valence-corrected chi connectivity index (χ1v) is 8.55. The van der Waals surface area contributed by atoms with Gasteiger partial charge in [0, 0.05) is 18.4 Å². The van der Waals surface area contributed by atoms with E-state index in [9.17, 15) is 4.79 Å². The number of pyridine rings is 1. The fourth-order valence-electron chi connectivity index (χ4n) is 3.01. The molecule has 0 aliphatic heterocycles. The van der Waals surface area contributed by atoms with Crippen LogP contribution >= 0.6 is 0 Å². The van der Waals surface area contributed by atoms with E-state index >= 15 is 0 Å². The van der Waals surface area contributed by atoms with Crippen LogP contribution in [0.3, 0.4) is 0 Å². The first kappa shape index (κ1) is 17.2. The van der Waals surface area contributed by atoms with E-state index < -0.39 is 5.60 Å². The second-order valence-corrected chi connectivity index (χ2v) is 7.08. The molecule has 6 heteroatoms. The van der Waals surface area contributed by atoms with Gasteiger partial charge in [-0.2, -0.15) is 0 Å². The van der Waals surface area contributed by atoms with Gasteiger partial charge in [0.25, 0.3) is 0 Å². The van der Waals surface area contributed by atoms with Crippen molar-refractivity contribution >= 4 is 33.7 Å². The van der Waals surface area contributed by atoms with E-state index in [1.807, 2.05) is 52.0 Å². The lowest BCUT2D eigenvalue weighted by atomic mass is 10.2. The van der Waals surface area contributed by atoms with Crippen molar-refractivity contribution in [1.29, 1.82) is 0 Å². The molecule has 3 aromatic rings. The zero-order valence-electron chi connectivity index (χ0n) is 15.2. The zero-order valence-corrected chi connectivity index (χ0v) is 15.2. The van der Waals surface area contributed by atoms with Crippen molar-refractivity contribution in [3.8, 4) is 0 Å². The Kier molecular flexibility index (Phi) is 4.37. The summed E-state index contributed by atoms with van der Waals surface area (Å²) in [6, 6.07) is 7.84. The monoisotopic (exact) mass is 340 g/mol. The molecule has 0 atom stereocenters. The third-order valence-electron chi connectivity index (χ3n) is 3.97. The van der Waals surface area contributed by atoms with Crippen LogP contribution in [0.4, 0.5) is 5.82 Å². The Hall–Kier alpha value is -2.63. The molecule has 0 bridgehead atoms. The molecule has 0 saturated heterocycles. The average Bonchev–Trinajstić information content (AvgIpc) is 2.91. The van der Waals surface area contributed by atoms with Crippen LogP contribution in [-0.2, 0) is 22.5 Å². The van der Waals surface area contributed by atoms with E-state index in [0.717, 1.165) is 28.7 Å². The normalized spacial score (nSPS) is 12.0. The molecule has 2 heterocycles. The summed E-state index contributed by atoms with van der Waals surface area (Å²) >= 11 is 0. The molecular weight excluding hydrogens is 316 g/mol. The SMILES string of the molecule is CCc1nc2c(N)nc3ccccc3c2n1CCC(=O)OC(C)(C)C. The molecule has 0 amide bonds. The number of benzene rings is 1. The van der Waals surface area contributed by atoms with E-state index in [1.165, 1.54) is 0 Å². The number of esters is 1. The maximum atomic E-state index is 12.1. The molecule has 0 aliphatic carbocycles. The quantitative estimate of drug-likeness (QED) is 0.735. The number of fused-ring (bicyclic) bond motifs is 3. The number of aromatic nitrogens is 3. The maximum absolute atomic E-state index is 12.1. The average molecular weight is 340 g/mol. The smallest absolute Gasteiger partial charge is 0.308 e. The number of carbonyl (C=O) groups excluding carboxylic acids is 1. The molecule has 132 valence electrons. The van der Waals surface area contributed by atoms with Gasteiger partial charge in [-0.15, -0.1) is 0 Å². The predicted octanol–water partition coefficient (Wildman–Crippen LogP) is 3.46. The Labute approximate surface area is 147 Å². The molecule has 0 spiro atoms. The molecule has 1 aromatic carbocycles. The summed E-state index contributed by atoms with van der Waals surface area (Å²) in [6.07, 6.45) is 1.03. The van der Waals surface area contributed by atoms with Gasteiger partial charge in [-0.1, -0.05) is 25.1 Å². The Morgan fingerprint density at radius 2 is 1.96 bits per heavy atom. The summed E-state index contributed by atoms with van der Waals surface area (Å²) in [5.41, 5.74) is 8.09. The Morgan fingerprint density at radius 3 is 2.64 bits per heavy atom. The second kappa shape index (κ2) is 6.35. The molecule has 0 saturated carbocycles. The lowest BCUT2D eigenvalue weighted by Gasteiger charge is -2.19. The molecule has 0 aliphatic rings. The topological polar surface area (TPSA) is 83.0 Å². The van der Waals surface area contributed by atoms with E-state index in [4.69, 9.17) is 10.5 Å². The number of rotatable bonds is 4. The molecule has 0 fully saturated rings. The molecule has 3 rings (SSSR count). The van der Waals surface area contributed by atoms with Gasteiger partial charge in [-0.3, -0.25) is 4.79 Å². The number of nitrogens with zero attached hydrogens (tertiary/aromatic N) is 3. The van der Waals surface area contributed by atoms with Crippen molar-refractivity contribution in [2.24, 2.45) is 0 Å². The molecule has 0 radical (unpaired) electrons. The second-order valence-electron chi connectivity index (χ2n) is 7.08. The van der Waals surface area contributed by atoms with Gasteiger partial charge in [0.05, 0.1) is 17.5 Å². The minimum atomic E-state index is -0.483. The predicted molar refractivity (Wildman–Crippen MR) is 99.3 cm³/mol. The number of ether oxygens (including phenoxy) is 1. The fourth-order valence-corrected chi connectivity index (χ4v) is 3.01. The Bertz CT molecular complexity index is 938. The standard InChI is InChI=1S/C19H24N4O2/c1-5-14-22-16-17(12-8-6-7-9-13(12)21-18(16)20)23(14)11-10-15(24)25-19(2,3)4/h6-9H,5,10-11H2,1-4H3,(H2,20,21). The molecule has 2 N–H and O–H groups in total. The van der Waals surface area contributed by atoms with E-state index in [1.54, 1.807) is 0 Å². The number of imidazole rings is 1. The summed E-state index contributed by atoms with van der Waals surface area (Å²) < 4.78 is 7.49. The van der Waals surface area contributed by atoms with Gasteiger partial charge in [-0.05, 0) is 26.8 Å².